The van der Waals surface area contributed by atoms with Crippen LogP contribution in [0.1, 0.15) is 29.3 Å². The number of methoxy groups -OCH3 is 1. The molecule has 0 atom stereocenters. The maximum Gasteiger partial charge on any atom is 0.254 e. The molecule has 4 rings (SSSR count). The van der Waals surface area contributed by atoms with E-state index in [0.29, 0.717) is 30.3 Å². The van der Waals surface area contributed by atoms with Crippen molar-refractivity contribution in [1.82, 2.24) is 14.7 Å². The Balaban J connectivity index is 1.75. The number of hydrogen-bond acceptors (Lipinski definition) is 4. The van der Waals surface area contributed by atoms with Gasteiger partial charge in [0.15, 0.2) is 0 Å². The molecule has 4 aromatic rings. The Bertz CT molecular complexity index is 1220. The lowest BCUT2D eigenvalue weighted by Crippen LogP contribution is -2.31. The van der Waals surface area contributed by atoms with E-state index in [4.69, 9.17) is 14.6 Å². The summed E-state index contributed by atoms with van der Waals surface area (Å²) in [5.41, 5.74) is 3.30. The average Bonchev–Trinajstić information content (AvgIpc) is 3.19. The SMILES string of the molecule is CCCN(Cc1c(-c2ccccc2)nn(C)c1Oc1ccc(OC)cc1)C(=O)c1ccccc1. The number of hydrogen-bond donors (Lipinski definition) is 0. The topological polar surface area (TPSA) is 56.6 Å². The van der Waals surface area contributed by atoms with E-state index < -0.39 is 0 Å². The van der Waals surface area contributed by atoms with Crippen molar-refractivity contribution < 1.29 is 14.3 Å². The molecular formula is C28H29N3O3. The number of carbonyl (C=O) groups excluding carboxylic acids is 1. The molecule has 0 aliphatic heterocycles. The Kier molecular flexibility index (Phi) is 7.28. The van der Waals surface area contributed by atoms with E-state index in [2.05, 4.69) is 6.92 Å². The van der Waals surface area contributed by atoms with E-state index in [1.54, 1.807) is 11.8 Å². The van der Waals surface area contributed by atoms with Gasteiger partial charge in [-0.1, -0.05) is 55.5 Å². The number of benzene rings is 3. The van der Waals surface area contributed by atoms with Gasteiger partial charge >= 0.3 is 0 Å². The largest absolute Gasteiger partial charge is 0.497 e. The highest BCUT2D eigenvalue weighted by Gasteiger charge is 2.24. The molecule has 1 heterocycles. The molecule has 0 saturated heterocycles. The van der Waals surface area contributed by atoms with Crippen molar-refractivity contribution in [3.8, 4) is 28.6 Å². The first kappa shape index (κ1) is 23.1. The van der Waals surface area contributed by atoms with E-state index in [1.807, 2.05) is 96.9 Å². The molecule has 6 heteroatoms. The molecule has 174 valence electrons. The van der Waals surface area contributed by atoms with Gasteiger partial charge in [-0.25, -0.2) is 4.68 Å². The zero-order valence-electron chi connectivity index (χ0n) is 19.8. The van der Waals surface area contributed by atoms with Crippen molar-refractivity contribution >= 4 is 5.91 Å². The summed E-state index contributed by atoms with van der Waals surface area (Å²) < 4.78 is 13.3. The summed E-state index contributed by atoms with van der Waals surface area (Å²) >= 11 is 0. The third-order valence-corrected chi connectivity index (χ3v) is 5.56. The lowest BCUT2D eigenvalue weighted by atomic mass is 10.1. The second-order valence-electron chi connectivity index (χ2n) is 7.99. The van der Waals surface area contributed by atoms with E-state index in [1.165, 1.54) is 0 Å². The second kappa shape index (κ2) is 10.7. The standard InChI is InChI=1S/C28H29N3O3/c1-4-19-31(27(32)22-13-9-6-10-14-22)20-25-26(21-11-7-5-8-12-21)29-30(2)28(25)34-24-17-15-23(33-3)16-18-24/h5-18H,4,19-20H2,1-3H3. The molecule has 0 unspecified atom stereocenters. The molecule has 0 radical (unpaired) electrons. The fraction of sp³-hybridized carbons (Fsp3) is 0.214. The van der Waals surface area contributed by atoms with E-state index in [0.717, 1.165) is 29.0 Å². The highest BCUT2D eigenvalue weighted by Crippen LogP contribution is 2.35. The van der Waals surface area contributed by atoms with Crippen molar-refractivity contribution in [1.29, 1.82) is 0 Å². The Hall–Kier alpha value is -4.06. The van der Waals surface area contributed by atoms with Gasteiger partial charge in [0, 0.05) is 24.7 Å². The highest BCUT2D eigenvalue weighted by molar-refractivity contribution is 5.94. The number of ether oxygens (including phenoxy) is 2. The van der Waals surface area contributed by atoms with Gasteiger partial charge in [0.1, 0.15) is 17.2 Å². The van der Waals surface area contributed by atoms with Crippen LogP contribution in [0.2, 0.25) is 0 Å². The number of aromatic nitrogens is 2. The van der Waals surface area contributed by atoms with E-state index in [-0.39, 0.29) is 5.91 Å². The zero-order chi connectivity index (χ0) is 23.9. The van der Waals surface area contributed by atoms with E-state index in [9.17, 15) is 4.79 Å². The third-order valence-electron chi connectivity index (χ3n) is 5.56. The number of rotatable bonds is 9. The summed E-state index contributed by atoms with van der Waals surface area (Å²) in [6, 6.07) is 26.8. The fourth-order valence-corrected chi connectivity index (χ4v) is 3.88. The summed E-state index contributed by atoms with van der Waals surface area (Å²) in [5.74, 6) is 2.01. The minimum atomic E-state index is -0.0132. The Morgan fingerprint density at radius 3 is 2.15 bits per heavy atom. The number of carbonyl (C=O) groups is 1. The molecule has 1 aromatic heterocycles. The maximum absolute atomic E-state index is 13.4. The van der Waals surface area contributed by atoms with Crippen molar-refractivity contribution in [2.75, 3.05) is 13.7 Å². The Morgan fingerprint density at radius 2 is 1.53 bits per heavy atom. The van der Waals surface area contributed by atoms with Gasteiger partial charge in [0.05, 0.1) is 19.2 Å². The van der Waals surface area contributed by atoms with Crippen LogP contribution in [-0.2, 0) is 13.6 Å². The normalized spacial score (nSPS) is 10.7. The van der Waals surface area contributed by atoms with Crippen LogP contribution in [-0.4, -0.2) is 34.2 Å². The summed E-state index contributed by atoms with van der Waals surface area (Å²) in [6.07, 6.45) is 0.841. The minimum absolute atomic E-state index is 0.0132. The summed E-state index contributed by atoms with van der Waals surface area (Å²) in [4.78, 5) is 15.2. The predicted octanol–water partition coefficient (Wildman–Crippen LogP) is 5.94. The summed E-state index contributed by atoms with van der Waals surface area (Å²) in [6.45, 7) is 3.07. The zero-order valence-corrected chi connectivity index (χ0v) is 19.8. The summed E-state index contributed by atoms with van der Waals surface area (Å²) in [5, 5.41) is 4.78. The number of nitrogens with zero attached hydrogens (tertiary/aromatic N) is 3. The molecule has 0 bridgehead atoms. The van der Waals surface area contributed by atoms with Gasteiger partial charge in [-0.3, -0.25) is 4.79 Å². The monoisotopic (exact) mass is 455 g/mol. The van der Waals surface area contributed by atoms with E-state index >= 15 is 0 Å². The molecule has 0 aliphatic rings. The van der Waals surface area contributed by atoms with Crippen molar-refractivity contribution in [3.05, 3.63) is 96.1 Å². The fourth-order valence-electron chi connectivity index (χ4n) is 3.88. The summed E-state index contributed by atoms with van der Waals surface area (Å²) in [7, 11) is 3.49. The van der Waals surface area contributed by atoms with Crippen LogP contribution >= 0.6 is 0 Å². The van der Waals surface area contributed by atoms with Gasteiger partial charge in [-0.15, -0.1) is 0 Å². The van der Waals surface area contributed by atoms with Gasteiger partial charge in [0.2, 0.25) is 5.88 Å². The molecule has 0 N–H and O–H groups in total. The van der Waals surface area contributed by atoms with Crippen molar-refractivity contribution in [2.45, 2.75) is 19.9 Å². The highest BCUT2D eigenvalue weighted by atomic mass is 16.5. The first-order valence-electron chi connectivity index (χ1n) is 11.4. The van der Waals surface area contributed by atoms with Gasteiger partial charge < -0.3 is 14.4 Å². The Labute approximate surface area is 200 Å². The molecule has 6 nitrogen and oxygen atoms in total. The smallest absolute Gasteiger partial charge is 0.254 e. The van der Waals surface area contributed by atoms with Gasteiger partial charge in [0.25, 0.3) is 5.91 Å². The van der Waals surface area contributed by atoms with Crippen LogP contribution in [0.3, 0.4) is 0 Å². The molecule has 0 fully saturated rings. The van der Waals surface area contributed by atoms with Crippen LogP contribution in [0.5, 0.6) is 17.4 Å². The maximum atomic E-state index is 13.4. The van der Waals surface area contributed by atoms with Crippen LogP contribution < -0.4 is 9.47 Å². The predicted molar refractivity (Wildman–Crippen MR) is 133 cm³/mol. The molecule has 0 spiro atoms. The molecule has 3 aromatic carbocycles. The lowest BCUT2D eigenvalue weighted by Gasteiger charge is -2.23. The van der Waals surface area contributed by atoms with Crippen molar-refractivity contribution in [3.63, 3.8) is 0 Å². The molecule has 0 aliphatic carbocycles. The first-order valence-corrected chi connectivity index (χ1v) is 11.4. The van der Waals surface area contributed by atoms with Crippen LogP contribution in [0.25, 0.3) is 11.3 Å². The van der Waals surface area contributed by atoms with Crippen LogP contribution in [0.4, 0.5) is 0 Å². The van der Waals surface area contributed by atoms with Gasteiger partial charge in [-0.05, 0) is 42.8 Å². The minimum Gasteiger partial charge on any atom is -0.497 e. The van der Waals surface area contributed by atoms with Crippen LogP contribution in [0.15, 0.2) is 84.9 Å². The quantitative estimate of drug-likeness (QED) is 0.313. The van der Waals surface area contributed by atoms with Crippen LogP contribution in [0, 0.1) is 0 Å². The number of amides is 1. The lowest BCUT2D eigenvalue weighted by molar-refractivity contribution is 0.0742. The first-order chi connectivity index (χ1) is 16.6. The molecule has 0 saturated carbocycles. The Morgan fingerprint density at radius 1 is 0.912 bits per heavy atom. The third kappa shape index (κ3) is 5.12. The van der Waals surface area contributed by atoms with Crippen molar-refractivity contribution in [2.24, 2.45) is 7.05 Å². The van der Waals surface area contributed by atoms with Gasteiger partial charge in [-0.2, -0.15) is 5.10 Å². The molecule has 1 amide bonds. The average molecular weight is 456 g/mol. The molecular weight excluding hydrogens is 426 g/mol. The second-order valence-corrected chi connectivity index (χ2v) is 7.99. The molecule has 34 heavy (non-hydrogen) atoms. The number of aryl methyl sites for hydroxylation is 1.